The topological polar surface area (TPSA) is 79.7 Å². The van der Waals surface area contributed by atoms with E-state index < -0.39 is 17.7 Å². The smallest absolute Gasteiger partial charge is 0.295 e. The number of aliphatic hydroxyl groups excluding tert-OH is 1. The zero-order valence-corrected chi connectivity index (χ0v) is 18.9. The molecule has 1 fully saturated rings. The van der Waals surface area contributed by atoms with Gasteiger partial charge in [-0.25, -0.2) is 0 Å². The molecule has 33 heavy (non-hydrogen) atoms. The molecule has 0 bridgehead atoms. The van der Waals surface area contributed by atoms with Gasteiger partial charge in [0.2, 0.25) is 0 Å². The molecule has 0 radical (unpaired) electrons. The molecular weight excluding hydrogens is 416 g/mol. The van der Waals surface area contributed by atoms with Gasteiger partial charge >= 0.3 is 0 Å². The Morgan fingerprint density at radius 1 is 1.09 bits per heavy atom. The van der Waals surface area contributed by atoms with Crippen LogP contribution in [0.25, 0.3) is 5.76 Å². The fraction of sp³-hybridized carbons (Fsp3) is 0.222. The summed E-state index contributed by atoms with van der Waals surface area (Å²) in [4.78, 5) is 31.9. The normalized spacial score (nSPS) is 17.6. The highest BCUT2D eigenvalue weighted by Crippen LogP contribution is 2.40. The summed E-state index contributed by atoms with van der Waals surface area (Å²) >= 11 is 0. The highest BCUT2D eigenvalue weighted by molar-refractivity contribution is 6.46. The first-order valence-corrected chi connectivity index (χ1v) is 10.9. The monoisotopic (exact) mass is 442 g/mol. The fourth-order valence-corrected chi connectivity index (χ4v) is 4.04. The molecule has 0 spiro atoms. The van der Waals surface area contributed by atoms with Crippen LogP contribution >= 0.6 is 0 Å². The quantitative estimate of drug-likeness (QED) is 0.337. The van der Waals surface area contributed by atoms with Crippen molar-refractivity contribution in [2.45, 2.75) is 39.5 Å². The van der Waals surface area contributed by atoms with E-state index in [1.807, 2.05) is 51.1 Å². The van der Waals surface area contributed by atoms with E-state index in [0.717, 1.165) is 16.7 Å². The molecule has 0 saturated carbocycles. The standard InChI is InChI=1S/C27H26N2O4/c1-17(2)33-22-11-9-20(10-12-22)25(30)23-24(21-8-4-6-18(3)14-21)29(27(32)26(23)31)16-19-7-5-13-28-15-19/h4-15,17,24,30H,16H2,1-3H3/b25-23-. The second-order valence-electron chi connectivity index (χ2n) is 8.39. The highest BCUT2D eigenvalue weighted by Gasteiger charge is 2.46. The first-order chi connectivity index (χ1) is 15.8. The zero-order chi connectivity index (χ0) is 23.5. The third-order valence-electron chi connectivity index (χ3n) is 5.47. The number of Topliss-reactive ketones (excluding diaryl/α,β-unsaturated/α-hetero) is 1. The number of hydrogen-bond donors (Lipinski definition) is 1. The summed E-state index contributed by atoms with van der Waals surface area (Å²) in [6.45, 7) is 6.01. The van der Waals surface area contributed by atoms with Gasteiger partial charge in [0.1, 0.15) is 11.5 Å². The molecular formula is C27H26N2O4. The SMILES string of the molecule is Cc1cccc(C2/C(=C(/O)c3ccc(OC(C)C)cc3)C(=O)C(=O)N2Cc2cccnc2)c1. The molecule has 1 aromatic heterocycles. The van der Waals surface area contributed by atoms with Gasteiger partial charge in [-0.05, 0) is 62.2 Å². The van der Waals surface area contributed by atoms with Gasteiger partial charge in [-0.1, -0.05) is 35.9 Å². The molecule has 2 aromatic carbocycles. The van der Waals surface area contributed by atoms with Crippen molar-refractivity contribution >= 4 is 17.4 Å². The number of aromatic nitrogens is 1. The molecule has 1 unspecified atom stereocenters. The molecule has 3 aromatic rings. The van der Waals surface area contributed by atoms with Crippen molar-refractivity contribution < 1.29 is 19.4 Å². The number of ketones is 1. The Bertz CT molecular complexity index is 1200. The number of benzene rings is 2. The summed E-state index contributed by atoms with van der Waals surface area (Å²) < 4.78 is 5.67. The van der Waals surface area contributed by atoms with Gasteiger partial charge in [0, 0.05) is 24.5 Å². The Morgan fingerprint density at radius 3 is 2.48 bits per heavy atom. The van der Waals surface area contributed by atoms with Gasteiger partial charge < -0.3 is 14.7 Å². The summed E-state index contributed by atoms with van der Waals surface area (Å²) in [5.41, 5.74) is 3.08. The van der Waals surface area contributed by atoms with Gasteiger partial charge in [0.05, 0.1) is 17.7 Å². The molecule has 1 aliphatic rings. The van der Waals surface area contributed by atoms with Crippen LogP contribution in [0.15, 0.2) is 78.6 Å². The van der Waals surface area contributed by atoms with E-state index in [0.29, 0.717) is 11.3 Å². The lowest BCUT2D eigenvalue weighted by Crippen LogP contribution is -2.29. The van der Waals surface area contributed by atoms with Crippen molar-refractivity contribution in [1.82, 2.24) is 9.88 Å². The predicted molar refractivity (Wildman–Crippen MR) is 125 cm³/mol. The van der Waals surface area contributed by atoms with Crippen LogP contribution in [0.4, 0.5) is 0 Å². The van der Waals surface area contributed by atoms with E-state index in [2.05, 4.69) is 4.98 Å². The number of carbonyl (C=O) groups is 2. The van der Waals surface area contributed by atoms with Crippen molar-refractivity contribution in [3.8, 4) is 5.75 Å². The van der Waals surface area contributed by atoms with Gasteiger partial charge in [-0.3, -0.25) is 14.6 Å². The number of aliphatic hydroxyl groups is 1. The number of nitrogens with zero attached hydrogens (tertiary/aromatic N) is 2. The van der Waals surface area contributed by atoms with Crippen LogP contribution in [0.5, 0.6) is 5.75 Å². The Morgan fingerprint density at radius 2 is 1.85 bits per heavy atom. The largest absolute Gasteiger partial charge is 0.507 e. The summed E-state index contributed by atoms with van der Waals surface area (Å²) in [6.07, 6.45) is 3.34. The third kappa shape index (κ3) is 4.65. The van der Waals surface area contributed by atoms with Crippen LogP contribution in [-0.2, 0) is 16.1 Å². The fourth-order valence-electron chi connectivity index (χ4n) is 4.04. The minimum absolute atomic E-state index is 0.0172. The first kappa shape index (κ1) is 22.3. The van der Waals surface area contributed by atoms with E-state index in [1.165, 1.54) is 4.90 Å². The molecule has 1 aliphatic heterocycles. The lowest BCUT2D eigenvalue weighted by molar-refractivity contribution is -0.140. The number of pyridine rings is 1. The second-order valence-corrected chi connectivity index (χ2v) is 8.39. The Balaban J connectivity index is 1.80. The third-order valence-corrected chi connectivity index (χ3v) is 5.47. The molecule has 168 valence electrons. The summed E-state index contributed by atoms with van der Waals surface area (Å²) in [5.74, 6) is -0.893. The Kier molecular flexibility index (Phi) is 6.27. The van der Waals surface area contributed by atoms with Crippen molar-refractivity contribution in [1.29, 1.82) is 0 Å². The van der Waals surface area contributed by atoms with Gasteiger partial charge in [0.25, 0.3) is 11.7 Å². The predicted octanol–water partition coefficient (Wildman–Crippen LogP) is 4.80. The maximum absolute atomic E-state index is 13.2. The maximum Gasteiger partial charge on any atom is 0.295 e. The molecule has 4 rings (SSSR count). The lowest BCUT2D eigenvalue weighted by Gasteiger charge is -2.25. The van der Waals surface area contributed by atoms with Crippen molar-refractivity contribution in [2.75, 3.05) is 0 Å². The number of carbonyl (C=O) groups excluding carboxylic acids is 2. The van der Waals surface area contributed by atoms with Crippen LogP contribution in [-0.4, -0.2) is 32.8 Å². The molecule has 2 heterocycles. The maximum atomic E-state index is 13.2. The molecule has 1 amide bonds. The number of hydrogen-bond acceptors (Lipinski definition) is 5. The minimum Gasteiger partial charge on any atom is -0.507 e. The number of amides is 1. The van der Waals surface area contributed by atoms with Crippen LogP contribution in [0.1, 0.15) is 42.1 Å². The molecule has 0 aliphatic carbocycles. The number of likely N-dealkylation sites (tertiary alicyclic amines) is 1. The van der Waals surface area contributed by atoms with E-state index in [1.54, 1.807) is 42.7 Å². The zero-order valence-electron chi connectivity index (χ0n) is 18.9. The van der Waals surface area contributed by atoms with E-state index >= 15 is 0 Å². The lowest BCUT2D eigenvalue weighted by atomic mass is 9.94. The Labute approximate surface area is 193 Å². The van der Waals surface area contributed by atoms with Gasteiger partial charge in [-0.2, -0.15) is 0 Å². The van der Waals surface area contributed by atoms with E-state index in [9.17, 15) is 14.7 Å². The second kappa shape index (κ2) is 9.28. The Hall–Kier alpha value is -3.93. The average molecular weight is 443 g/mol. The highest BCUT2D eigenvalue weighted by atomic mass is 16.5. The summed E-state index contributed by atoms with van der Waals surface area (Å²) in [5, 5.41) is 11.2. The number of rotatable bonds is 6. The summed E-state index contributed by atoms with van der Waals surface area (Å²) in [7, 11) is 0. The minimum atomic E-state index is -0.711. The summed E-state index contributed by atoms with van der Waals surface area (Å²) in [6, 6.07) is 17.4. The molecule has 1 saturated heterocycles. The number of ether oxygens (including phenoxy) is 1. The molecule has 6 nitrogen and oxygen atoms in total. The van der Waals surface area contributed by atoms with Crippen molar-refractivity contribution in [2.24, 2.45) is 0 Å². The molecule has 6 heteroatoms. The number of aryl methyl sites for hydroxylation is 1. The van der Waals surface area contributed by atoms with Crippen molar-refractivity contribution in [3.63, 3.8) is 0 Å². The van der Waals surface area contributed by atoms with Crippen LogP contribution in [0.2, 0.25) is 0 Å². The van der Waals surface area contributed by atoms with Gasteiger partial charge in [-0.15, -0.1) is 0 Å². The molecule has 1 atom stereocenters. The first-order valence-electron chi connectivity index (χ1n) is 10.9. The average Bonchev–Trinajstić information content (AvgIpc) is 3.04. The van der Waals surface area contributed by atoms with Crippen LogP contribution < -0.4 is 4.74 Å². The van der Waals surface area contributed by atoms with Crippen LogP contribution in [0, 0.1) is 6.92 Å². The van der Waals surface area contributed by atoms with Crippen LogP contribution in [0.3, 0.4) is 0 Å². The van der Waals surface area contributed by atoms with Crippen molar-refractivity contribution in [3.05, 3.63) is 101 Å². The van der Waals surface area contributed by atoms with Gasteiger partial charge in [0.15, 0.2) is 0 Å². The molecule has 1 N–H and O–H groups in total. The van der Waals surface area contributed by atoms with E-state index in [-0.39, 0.29) is 24.0 Å². The van der Waals surface area contributed by atoms with E-state index in [4.69, 9.17) is 4.74 Å².